The SMILES string of the molecule is CO[C@H]1C[C@H]2[C@@H](OC(=O)c3ccccc3)[C@@H](CN2C(C)=O)O1. The van der Waals surface area contributed by atoms with E-state index in [1.54, 1.807) is 36.3 Å². The van der Waals surface area contributed by atoms with Gasteiger partial charge in [-0.2, -0.15) is 0 Å². The molecule has 4 atom stereocenters. The molecule has 0 spiro atoms. The van der Waals surface area contributed by atoms with E-state index in [-0.39, 0.29) is 24.3 Å². The molecule has 2 fully saturated rings. The summed E-state index contributed by atoms with van der Waals surface area (Å²) in [4.78, 5) is 25.7. The number of amides is 1. The predicted octanol–water partition coefficient (Wildman–Crippen LogP) is 1.20. The van der Waals surface area contributed by atoms with Crippen molar-refractivity contribution in [3.05, 3.63) is 35.9 Å². The number of hydrogen-bond acceptors (Lipinski definition) is 5. The van der Waals surface area contributed by atoms with Crippen LogP contribution in [0.15, 0.2) is 30.3 Å². The van der Waals surface area contributed by atoms with Crippen molar-refractivity contribution in [1.82, 2.24) is 4.90 Å². The molecule has 2 aliphatic heterocycles. The molecular weight excluding hydrogens is 286 g/mol. The fourth-order valence-electron chi connectivity index (χ4n) is 3.12. The number of carbonyl (C=O) groups excluding carboxylic acids is 2. The van der Waals surface area contributed by atoms with Crippen LogP contribution < -0.4 is 0 Å². The highest BCUT2D eigenvalue weighted by Crippen LogP contribution is 2.34. The van der Waals surface area contributed by atoms with E-state index in [0.29, 0.717) is 18.5 Å². The fraction of sp³-hybridized carbons (Fsp3) is 0.500. The molecule has 0 unspecified atom stereocenters. The number of likely N-dealkylation sites (tertiary alicyclic amines) is 1. The maximum absolute atomic E-state index is 12.2. The zero-order valence-electron chi connectivity index (χ0n) is 12.6. The Labute approximate surface area is 128 Å². The van der Waals surface area contributed by atoms with Gasteiger partial charge in [0.15, 0.2) is 12.4 Å². The van der Waals surface area contributed by atoms with Crippen molar-refractivity contribution in [2.45, 2.75) is 37.9 Å². The van der Waals surface area contributed by atoms with Crippen LogP contribution in [-0.2, 0) is 19.0 Å². The monoisotopic (exact) mass is 305 g/mol. The van der Waals surface area contributed by atoms with Gasteiger partial charge in [0.1, 0.15) is 6.10 Å². The van der Waals surface area contributed by atoms with Crippen molar-refractivity contribution >= 4 is 11.9 Å². The number of rotatable bonds is 3. The quantitative estimate of drug-likeness (QED) is 0.785. The lowest BCUT2D eigenvalue weighted by molar-refractivity contribution is -0.200. The molecule has 118 valence electrons. The molecule has 0 aliphatic carbocycles. The first kappa shape index (κ1) is 15.0. The third-order valence-electron chi connectivity index (χ3n) is 4.20. The van der Waals surface area contributed by atoms with Gasteiger partial charge in [0.05, 0.1) is 18.2 Å². The van der Waals surface area contributed by atoms with E-state index in [0.717, 1.165) is 0 Å². The van der Waals surface area contributed by atoms with E-state index in [9.17, 15) is 9.59 Å². The van der Waals surface area contributed by atoms with Gasteiger partial charge in [-0.25, -0.2) is 4.79 Å². The number of benzene rings is 1. The Hall–Kier alpha value is -1.92. The lowest BCUT2D eigenvalue weighted by Gasteiger charge is -2.34. The topological polar surface area (TPSA) is 65.1 Å². The second-order valence-electron chi connectivity index (χ2n) is 5.55. The Balaban J connectivity index is 1.76. The van der Waals surface area contributed by atoms with Gasteiger partial charge in [-0.15, -0.1) is 0 Å². The number of methoxy groups -OCH3 is 1. The van der Waals surface area contributed by atoms with E-state index in [4.69, 9.17) is 14.2 Å². The molecule has 0 aromatic heterocycles. The normalized spacial score (nSPS) is 30.2. The van der Waals surface area contributed by atoms with Crippen LogP contribution >= 0.6 is 0 Å². The van der Waals surface area contributed by atoms with E-state index in [1.807, 2.05) is 6.07 Å². The highest BCUT2D eigenvalue weighted by molar-refractivity contribution is 5.89. The van der Waals surface area contributed by atoms with Crippen molar-refractivity contribution in [3.63, 3.8) is 0 Å². The number of esters is 1. The molecule has 2 saturated heterocycles. The van der Waals surface area contributed by atoms with Crippen LogP contribution in [0.25, 0.3) is 0 Å². The van der Waals surface area contributed by atoms with Crippen molar-refractivity contribution < 1.29 is 23.8 Å². The summed E-state index contributed by atoms with van der Waals surface area (Å²) < 4.78 is 16.6. The molecule has 1 amide bonds. The van der Waals surface area contributed by atoms with Crippen LogP contribution in [0.5, 0.6) is 0 Å². The second-order valence-corrected chi connectivity index (χ2v) is 5.55. The largest absolute Gasteiger partial charge is 0.454 e. The molecule has 1 aromatic carbocycles. The Morgan fingerprint density at radius 3 is 2.64 bits per heavy atom. The molecule has 6 nitrogen and oxygen atoms in total. The minimum Gasteiger partial charge on any atom is -0.454 e. The summed E-state index contributed by atoms with van der Waals surface area (Å²) in [6, 6.07) is 8.61. The number of fused-ring (bicyclic) bond motifs is 2. The lowest BCUT2D eigenvalue weighted by Crippen LogP contribution is -2.48. The summed E-state index contributed by atoms with van der Waals surface area (Å²) >= 11 is 0. The highest BCUT2D eigenvalue weighted by Gasteiger charge is 2.51. The summed E-state index contributed by atoms with van der Waals surface area (Å²) in [5.74, 6) is -0.445. The number of hydrogen-bond donors (Lipinski definition) is 0. The average Bonchev–Trinajstić information content (AvgIpc) is 2.74. The molecule has 6 heteroatoms. The van der Waals surface area contributed by atoms with Gasteiger partial charge in [-0.3, -0.25) is 4.79 Å². The van der Waals surface area contributed by atoms with Crippen LogP contribution in [-0.4, -0.2) is 55.0 Å². The molecular formula is C16H19NO5. The molecule has 2 aliphatic rings. The Morgan fingerprint density at radius 1 is 1.27 bits per heavy atom. The fourth-order valence-corrected chi connectivity index (χ4v) is 3.12. The van der Waals surface area contributed by atoms with Gasteiger partial charge in [0.25, 0.3) is 0 Å². The van der Waals surface area contributed by atoms with Crippen molar-refractivity contribution in [1.29, 1.82) is 0 Å². The lowest BCUT2D eigenvalue weighted by atomic mass is 10.0. The van der Waals surface area contributed by atoms with Crippen LogP contribution in [0.1, 0.15) is 23.7 Å². The van der Waals surface area contributed by atoms with Crippen molar-refractivity contribution in [3.8, 4) is 0 Å². The maximum atomic E-state index is 12.2. The third-order valence-corrected chi connectivity index (χ3v) is 4.20. The van der Waals surface area contributed by atoms with Crippen LogP contribution in [0.2, 0.25) is 0 Å². The van der Waals surface area contributed by atoms with Gasteiger partial charge >= 0.3 is 5.97 Å². The number of nitrogens with zero attached hydrogens (tertiary/aromatic N) is 1. The number of carbonyl (C=O) groups is 2. The molecule has 2 heterocycles. The molecule has 22 heavy (non-hydrogen) atoms. The first-order valence-electron chi connectivity index (χ1n) is 7.31. The van der Waals surface area contributed by atoms with Crippen LogP contribution in [0.4, 0.5) is 0 Å². The smallest absolute Gasteiger partial charge is 0.338 e. The van der Waals surface area contributed by atoms with Gasteiger partial charge in [-0.05, 0) is 12.1 Å². The summed E-state index contributed by atoms with van der Waals surface area (Å²) in [5.41, 5.74) is 0.491. The summed E-state index contributed by atoms with van der Waals surface area (Å²) in [5, 5.41) is 0. The minimum atomic E-state index is -0.456. The Bertz CT molecular complexity index is 561. The van der Waals surface area contributed by atoms with E-state index in [1.165, 1.54) is 6.92 Å². The molecule has 2 bridgehead atoms. The molecule has 3 rings (SSSR count). The molecule has 0 saturated carbocycles. The average molecular weight is 305 g/mol. The van der Waals surface area contributed by atoms with Gasteiger partial charge in [0, 0.05) is 20.5 Å². The first-order chi connectivity index (χ1) is 10.6. The van der Waals surface area contributed by atoms with E-state index >= 15 is 0 Å². The standard InChI is InChI=1S/C16H19NO5/c1-10(18)17-9-13-15(12(17)8-14(20-2)21-13)22-16(19)11-6-4-3-5-7-11/h3-7,12-15H,8-9H2,1-2H3/t12-,13+,14+,15+/m0/s1. The van der Waals surface area contributed by atoms with Gasteiger partial charge < -0.3 is 19.1 Å². The summed E-state index contributed by atoms with van der Waals surface area (Å²) in [7, 11) is 1.57. The Morgan fingerprint density at radius 2 is 2.00 bits per heavy atom. The van der Waals surface area contributed by atoms with E-state index in [2.05, 4.69) is 0 Å². The van der Waals surface area contributed by atoms with Crippen LogP contribution in [0, 0.1) is 0 Å². The number of ether oxygens (including phenoxy) is 3. The van der Waals surface area contributed by atoms with Crippen LogP contribution in [0.3, 0.4) is 0 Å². The zero-order valence-corrected chi connectivity index (χ0v) is 12.6. The second kappa shape index (κ2) is 6.06. The minimum absolute atomic E-state index is 0.0476. The van der Waals surface area contributed by atoms with Gasteiger partial charge in [-0.1, -0.05) is 18.2 Å². The molecule has 1 aromatic rings. The molecule has 0 N–H and O–H groups in total. The summed E-state index contributed by atoms with van der Waals surface area (Å²) in [6.07, 6.45) is -0.673. The third kappa shape index (κ3) is 2.71. The first-order valence-corrected chi connectivity index (χ1v) is 7.31. The van der Waals surface area contributed by atoms with E-state index < -0.39 is 12.1 Å². The van der Waals surface area contributed by atoms with Gasteiger partial charge in [0.2, 0.25) is 5.91 Å². The highest BCUT2D eigenvalue weighted by atomic mass is 16.7. The van der Waals surface area contributed by atoms with Crippen molar-refractivity contribution in [2.24, 2.45) is 0 Å². The van der Waals surface area contributed by atoms with Crippen molar-refractivity contribution in [2.75, 3.05) is 13.7 Å². The molecule has 0 radical (unpaired) electrons. The zero-order chi connectivity index (χ0) is 15.7. The predicted molar refractivity (Wildman–Crippen MR) is 77.1 cm³/mol. The summed E-state index contributed by atoms with van der Waals surface area (Å²) in [6.45, 7) is 1.94. The maximum Gasteiger partial charge on any atom is 0.338 e. The Kier molecular flexibility index (Phi) is 4.13.